The molecular weight excluding hydrogens is 514 g/mol. The summed E-state index contributed by atoms with van der Waals surface area (Å²) in [6.45, 7) is 1.75. The highest BCUT2D eigenvalue weighted by Crippen LogP contribution is 2.38. The van der Waals surface area contributed by atoms with Gasteiger partial charge in [0.05, 0.1) is 28.3 Å². The second-order valence-electron chi connectivity index (χ2n) is 8.36. The van der Waals surface area contributed by atoms with E-state index in [0.717, 1.165) is 36.1 Å². The molecule has 1 heterocycles. The standard InChI is InChI=1S/C26H27N3O6S2/c1-2-35-26(32)28-24(31)22-19-14-7-4-8-16-21(19)36-25(22)27-23(30)18-13-9-10-15-20(18)29-37(33,34)17-11-5-3-6-12-17/h3,5-6,9-13,15,29H,2,4,7-8,14,16H2,1H3,(H,27,30)(H,28,31,32). The molecule has 1 aliphatic carbocycles. The molecule has 3 N–H and O–H groups in total. The molecule has 11 heteroatoms. The van der Waals surface area contributed by atoms with Gasteiger partial charge in [-0.15, -0.1) is 11.3 Å². The third-order valence-corrected chi connectivity index (χ3v) is 8.42. The second-order valence-corrected chi connectivity index (χ2v) is 11.1. The first-order chi connectivity index (χ1) is 17.8. The Morgan fingerprint density at radius 2 is 1.62 bits per heavy atom. The predicted molar refractivity (Wildman–Crippen MR) is 142 cm³/mol. The van der Waals surface area contributed by atoms with E-state index < -0.39 is 27.9 Å². The molecule has 0 saturated heterocycles. The number of nitrogens with one attached hydrogen (secondary N) is 3. The van der Waals surface area contributed by atoms with Gasteiger partial charge in [0.15, 0.2) is 0 Å². The Labute approximate surface area is 219 Å². The van der Waals surface area contributed by atoms with Gasteiger partial charge in [0.25, 0.3) is 21.8 Å². The van der Waals surface area contributed by atoms with E-state index >= 15 is 0 Å². The molecule has 37 heavy (non-hydrogen) atoms. The van der Waals surface area contributed by atoms with Crippen molar-refractivity contribution in [2.24, 2.45) is 0 Å². The zero-order valence-electron chi connectivity index (χ0n) is 20.2. The van der Waals surface area contributed by atoms with Gasteiger partial charge in [-0.25, -0.2) is 13.2 Å². The third kappa shape index (κ3) is 6.17. The van der Waals surface area contributed by atoms with Gasteiger partial charge in [-0.1, -0.05) is 36.8 Å². The van der Waals surface area contributed by atoms with Crippen LogP contribution in [0.5, 0.6) is 0 Å². The average Bonchev–Trinajstić information content (AvgIpc) is 3.04. The molecule has 0 spiro atoms. The number of ether oxygens (including phenoxy) is 1. The van der Waals surface area contributed by atoms with E-state index in [1.165, 1.54) is 35.6 Å². The van der Waals surface area contributed by atoms with Crippen LogP contribution >= 0.6 is 11.3 Å². The summed E-state index contributed by atoms with van der Waals surface area (Å²) in [5.41, 5.74) is 1.24. The number of fused-ring (bicyclic) bond motifs is 1. The number of aryl methyl sites for hydroxylation is 1. The lowest BCUT2D eigenvalue weighted by molar-refractivity contribution is 0.0925. The van der Waals surface area contributed by atoms with Gasteiger partial charge in [-0.05, 0) is 62.4 Å². The molecule has 0 fully saturated rings. The number of amides is 3. The van der Waals surface area contributed by atoms with E-state index in [4.69, 9.17) is 4.74 Å². The minimum Gasteiger partial charge on any atom is -0.450 e. The number of thiophene rings is 1. The number of hydrogen-bond acceptors (Lipinski definition) is 7. The van der Waals surface area contributed by atoms with Crippen molar-refractivity contribution in [3.05, 3.63) is 76.2 Å². The van der Waals surface area contributed by atoms with Crippen molar-refractivity contribution in [1.29, 1.82) is 0 Å². The van der Waals surface area contributed by atoms with Gasteiger partial charge < -0.3 is 10.1 Å². The number of rotatable bonds is 7. The van der Waals surface area contributed by atoms with E-state index in [0.29, 0.717) is 11.4 Å². The summed E-state index contributed by atoms with van der Waals surface area (Å²) in [7, 11) is -3.93. The van der Waals surface area contributed by atoms with Crippen LogP contribution in [-0.4, -0.2) is 32.9 Å². The summed E-state index contributed by atoms with van der Waals surface area (Å²) in [6.07, 6.45) is 3.44. The molecule has 4 rings (SSSR count). The summed E-state index contributed by atoms with van der Waals surface area (Å²) in [4.78, 5) is 39.4. The van der Waals surface area contributed by atoms with Crippen molar-refractivity contribution in [3.8, 4) is 0 Å². The van der Waals surface area contributed by atoms with Crippen LogP contribution in [-0.2, 0) is 27.6 Å². The first kappa shape index (κ1) is 26.4. The topological polar surface area (TPSA) is 131 Å². The van der Waals surface area contributed by atoms with E-state index in [1.54, 1.807) is 37.3 Å². The molecule has 3 aromatic rings. The largest absolute Gasteiger partial charge is 0.450 e. The Morgan fingerprint density at radius 1 is 0.919 bits per heavy atom. The van der Waals surface area contributed by atoms with Crippen LogP contribution in [0.15, 0.2) is 59.5 Å². The van der Waals surface area contributed by atoms with Gasteiger partial charge in [0.1, 0.15) is 5.00 Å². The zero-order valence-corrected chi connectivity index (χ0v) is 21.8. The summed E-state index contributed by atoms with van der Waals surface area (Å²) >= 11 is 1.30. The fourth-order valence-corrected chi connectivity index (χ4v) is 6.52. The summed E-state index contributed by atoms with van der Waals surface area (Å²) in [5, 5.41) is 5.32. The molecule has 0 bridgehead atoms. The lowest BCUT2D eigenvalue weighted by Gasteiger charge is -2.13. The third-order valence-electron chi connectivity index (χ3n) is 5.84. The quantitative estimate of drug-likeness (QED) is 0.363. The van der Waals surface area contributed by atoms with Crippen LogP contribution in [0.3, 0.4) is 0 Å². The Hall–Kier alpha value is -3.70. The van der Waals surface area contributed by atoms with Crippen LogP contribution in [0.1, 0.15) is 57.3 Å². The van der Waals surface area contributed by atoms with Crippen molar-refractivity contribution >= 4 is 50.0 Å². The lowest BCUT2D eigenvalue weighted by atomic mass is 10.0. The highest BCUT2D eigenvalue weighted by molar-refractivity contribution is 7.92. The Kier molecular flexibility index (Phi) is 8.24. The molecule has 0 unspecified atom stereocenters. The van der Waals surface area contributed by atoms with Crippen molar-refractivity contribution in [3.63, 3.8) is 0 Å². The normalized spacial score (nSPS) is 13.1. The molecular formula is C26H27N3O6S2. The molecule has 1 aromatic heterocycles. The van der Waals surface area contributed by atoms with Crippen molar-refractivity contribution < 1.29 is 27.5 Å². The maximum Gasteiger partial charge on any atom is 0.414 e. The molecule has 9 nitrogen and oxygen atoms in total. The Bertz CT molecular complexity index is 1420. The van der Waals surface area contributed by atoms with E-state index in [1.807, 2.05) is 0 Å². The number of para-hydroxylation sites is 1. The first-order valence-corrected chi connectivity index (χ1v) is 14.2. The molecule has 0 radical (unpaired) electrons. The summed E-state index contributed by atoms with van der Waals surface area (Å²) in [5.74, 6) is -1.24. The predicted octanol–water partition coefficient (Wildman–Crippen LogP) is 4.96. The second kappa shape index (κ2) is 11.6. The fourth-order valence-electron chi connectivity index (χ4n) is 4.14. The van der Waals surface area contributed by atoms with Gasteiger partial charge in [-0.3, -0.25) is 19.6 Å². The van der Waals surface area contributed by atoms with Crippen LogP contribution in [0, 0.1) is 0 Å². The molecule has 194 valence electrons. The van der Waals surface area contributed by atoms with Gasteiger partial charge in [0.2, 0.25) is 0 Å². The average molecular weight is 542 g/mol. The zero-order chi connectivity index (χ0) is 26.4. The number of carbonyl (C=O) groups is 3. The minimum absolute atomic E-state index is 0.0603. The van der Waals surface area contributed by atoms with Crippen LogP contribution in [0.2, 0.25) is 0 Å². The van der Waals surface area contributed by atoms with E-state index in [9.17, 15) is 22.8 Å². The first-order valence-electron chi connectivity index (χ1n) is 11.9. The number of sulfonamides is 1. The fraction of sp³-hybridized carbons (Fsp3) is 0.269. The molecule has 3 amide bonds. The molecule has 0 aliphatic heterocycles. The number of hydrogen-bond donors (Lipinski definition) is 3. The molecule has 2 aromatic carbocycles. The van der Waals surface area contributed by atoms with E-state index in [-0.39, 0.29) is 28.3 Å². The molecule has 1 aliphatic rings. The summed E-state index contributed by atoms with van der Waals surface area (Å²) in [6, 6.07) is 14.1. The molecule has 0 saturated carbocycles. The SMILES string of the molecule is CCOC(=O)NC(=O)c1c(NC(=O)c2ccccc2NS(=O)(=O)c2ccccc2)sc2c1CCCCC2. The van der Waals surface area contributed by atoms with Crippen LogP contribution < -0.4 is 15.4 Å². The Balaban J connectivity index is 1.64. The lowest BCUT2D eigenvalue weighted by Crippen LogP contribution is -2.32. The highest BCUT2D eigenvalue weighted by Gasteiger charge is 2.28. The minimum atomic E-state index is -3.93. The maximum atomic E-state index is 13.4. The number of anilines is 2. The van der Waals surface area contributed by atoms with Gasteiger partial charge in [-0.2, -0.15) is 0 Å². The van der Waals surface area contributed by atoms with Crippen molar-refractivity contribution in [2.45, 2.75) is 43.9 Å². The number of alkyl carbamates (subject to hydrolysis) is 1. The smallest absolute Gasteiger partial charge is 0.414 e. The van der Waals surface area contributed by atoms with Gasteiger partial charge in [0, 0.05) is 4.88 Å². The number of imide groups is 1. The maximum absolute atomic E-state index is 13.4. The number of benzene rings is 2. The van der Waals surface area contributed by atoms with Crippen LogP contribution in [0.4, 0.5) is 15.5 Å². The van der Waals surface area contributed by atoms with E-state index in [2.05, 4.69) is 15.4 Å². The highest BCUT2D eigenvalue weighted by atomic mass is 32.2. The Morgan fingerprint density at radius 3 is 2.38 bits per heavy atom. The number of carbonyl (C=O) groups excluding carboxylic acids is 3. The van der Waals surface area contributed by atoms with Crippen molar-refractivity contribution in [2.75, 3.05) is 16.6 Å². The molecule has 0 atom stereocenters. The monoisotopic (exact) mass is 541 g/mol. The summed E-state index contributed by atoms with van der Waals surface area (Å²) < 4.78 is 33.1. The van der Waals surface area contributed by atoms with Crippen LogP contribution in [0.25, 0.3) is 0 Å². The van der Waals surface area contributed by atoms with Crippen molar-refractivity contribution in [1.82, 2.24) is 5.32 Å². The van der Waals surface area contributed by atoms with Gasteiger partial charge >= 0.3 is 6.09 Å².